The molecule has 0 radical (unpaired) electrons. The maximum absolute atomic E-state index is 11.3. The second kappa shape index (κ2) is 5.68. The normalized spacial score (nSPS) is 28.9. The maximum atomic E-state index is 11.3. The zero-order valence-electron chi connectivity index (χ0n) is 10.1. The van der Waals surface area contributed by atoms with Crippen LogP contribution in [0.5, 0.6) is 0 Å². The van der Waals surface area contributed by atoms with Crippen LogP contribution in [0.4, 0.5) is 0 Å². The summed E-state index contributed by atoms with van der Waals surface area (Å²) in [5.41, 5.74) is 10.9. The summed E-state index contributed by atoms with van der Waals surface area (Å²) in [4.78, 5) is 11.3. The third kappa shape index (κ3) is 2.98. The van der Waals surface area contributed by atoms with Gasteiger partial charge in [0.05, 0.1) is 0 Å². The second-order valence-corrected chi connectivity index (χ2v) is 5.07. The van der Waals surface area contributed by atoms with Crippen LogP contribution in [0, 0.1) is 5.92 Å². The van der Waals surface area contributed by atoms with Gasteiger partial charge in [0.25, 0.3) is 0 Å². The molecule has 3 atom stereocenters. The molecule has 0 aromatic heterocycles. The molecule has 5 N–H and O–H groups in total. The van der Waals surface area contributed by atoms with Crippen molar-refractivity contribution in [2.24, 2.45) is 17.4 Å². The average Bonchev–Trinajstić information content (AvgIpc) is 2.65. The van der Waals surface area contributed by atoms with Gasteiger partial charge in [-0.15, -0.1) is 0 Å². The van der Waals surface area contributed by atoms with Crippen molar-refractivity contribution in [1.29, 1.82) is 0 Å². The van der Waals surface area contributed by atoms with E-state index in [0.717, 1.165) is 38.4 Å². The Balaban J connectivity index is 2.60. The van der Waals surface area contributed by atoms with E-state index in [1.165, 1.54) is 0 Å². The van der Waals surface area contributed by atoms with Crippen molar-refractivity contribution >= 4 is 13.8 Å². The lowest BCUT2D eigenvalue weighted by Gasteiger charge is -2.31. The Hall–Kier alpha value is -0.545. The SMILES string of the molecule is BCCCC[C@@](N)(C(=O)O)C1CC[C@H](N)C1. The molecule has 0 aromatic rings. The molecule has 0 heterocycles. The van der Waals surface area contributed by atoms with Crippen LogP contribution < -0.4 is 11.5 Å². The van der Waals surface area contributed by atoms with E-state index in [9.17, 15) is 9.90 Å². The van der Waals surface area contributed by atoms with Crippen molar-refractivity contribution < 1.29 is 9.90 Å². The number of nitrogens with two attached hydrogens (primary N) is 2. The molecule has 4 nitrogen and oxygen atoms in total. The lowest BCUT2D eigenvalue weighted by atomic mass is 9.79. The van der Waals surface area contributed by atoms with Crippen molar-refractivity contribution in [1.82, 2.24) is 0 Å². The van der Waals surface area contributed by atoms with Gasteiger partial charge in [0.2, 0.25) is 0 Å². The van der Waals surface area contributed by atoms with Crippen LogP contribution in [0.1, 0.15) is 38.5 Å². The van der Waals surface area contributed by atoms with E-state index in [2.05, 4.69) is 7.85 Å². The molecule has 16 heavy (non-hydrogen) atoms. The van der Waals surface area contributed by atoms with Crippen molar-refractivity contribution in [2.45, 2.75) is 56.4 Å². The molecule has 1 fully saturated rings. The summed E-state index contributed by atoms with van der Waals surface area (Å²) < 4.78 is 0. The Morgan fingerprint density at radius 3 is 2.56 bits per heavy atom. The van der Waals surface area contributed by atoms with Gasteiger partial charge in [-0.05, 0) is 31.6 Å². The highest BCUT2D eigenvalue weighted by atomic mass is 16.4. The monoisotopic (exact) mass is 226 g/mol. The molecule has 0 spiro atoms. The highest BCUT2D eigenvalue weighted by Gasteiger charge is 2.44. The zero-order valence-corrected chi connectivity index (χ0v) is 10.1. The molecule has 1 saturated carbocycles. The molecule has 5 heteroatoms. The van der Waals surface area contributed by atoms with Gasteiger partial charge in [-0.2, -0.15) is 0 Å². The Labute approximate surface area is 98.2 Å². The van der Waals surface area contributed by atoms with E-state index in [-0.39, 0.29) is 12.0 Å². The standard InChI is InChI=1S/C11H23BN2O2/c12-6-2-1-5-11(14,10(15)16)8-3-4-9(13)7-8/h8-9H,1-7,12-14H2,(H,15,16)/t8?,9-,11-/m0/s1. The number of carboxylic acids is 1. The van der Waals surface area contributed by atoms with E-state index in [4.69, 9.17) is 11.5 Å². The first kappa shape index (κ1) is 13.5. The lowest BCUT2D eigenvalue weighted by Crippen LogP contribution is -2.53. The molecule has 0 aromatic carbocycles. The Morgan fingerprint density at radius 1 is 1.44 bits per heavy atom. The van der Waals surface area contributed by atoms with Crippen molar-refractivity contribution in [3.05, 3.63) is 0 Å². The molecule has 92 valence electrons. The fraction of sp³-hybridized carbons (Fsp3) is 0.909. The third-order valence-corrected chi connectivity index (χ3v) is 3.79. The third-order valence-electron chi connectivity index (χ3n) is 3.79. The predicted molar refractivity (Wildman–Crippen MR) is 67.1 cm³/mol. The van der Waals surface area contributed by atoms with E-state index in [0.29, 0.717) is 6.42 Å². The minimum atomic E-state index is -1.05. The number of rotatable bonds is 6. The highest BCUT2D eigenvalue weighted by Crippen LogP contribution is 2.35. The number of hydrogen-bond acceptors (Lipinski definition) is 3. The van der Waals surface area contributed by atoms with Gasteiger partial charge in [-0.3, -0.25) is 4.79 Å². The second-order valence-electron chi connectivity index (χ2n) is 5.07. The largest absolute Gasteiger partial charge is 0.480 e. The van der Waals surface area contributed by atoms with E-state index in [1.807, 2.05) is 0 Å². The summed E-state index contributed by atoms with van der Waals surface area (Å²) in [7, 11) is 2.10. The quantitative estimate of drug-likeness (QED) is 0.443. The number of unbranched alkanes of at least 4 members (excludes halogenated alkanes) is 1. The summed E-state index contributed by atoms with van der Waals surface area (Å²) in [5, 5.41) is 9.31. The first-order valence-corrected chi connectivity index (χ1v) is 6.28. The fourth-order valence-corrected chi connectivity index (χ4v) is 2.64. The van der Waals surface area contributed by atoms with E-state index >= 15 is 0 Å². The molecule has 0 saturated heterocycles. The molecule has 1 aliphatic rings. The first-order chi connectivity index (χ1) is 7.50. The summed E-state index contributed by atoms with van der Waals surface area (Å²) in [6.07, 6.45) is 6.12. The van der Waals surface area contributed by atoms with E-state index in [1.54, 1.807) is 0 Å². The van der Waals surface area contributed by atoms with Crippen LogP contribution in [0.2, 0.25) is 6.32 Å². The van der Waals surface area contributed by atoms with Crippen LogP contribution in [-0.2, 0) is 4.79 Å². The maximum Gasteiger partial charge on any atom is 0.323 e. The van der Waals surface area contributed by atoms with Gasteiger partial charge in [-0.25, -0.2) is 0 Å². The first-order valence-electron chi connectivity index (χ1n) is 6.28. The van der Waals surface area contributed by atoms with E-state index < -0.39 is 11.5 Å². The highest BCUT2D eigenvalue weighted by molar-refractivity contribution is 6.08. The molecule has 0 bridgehead atoms. The molecule has 1 unspecified atom stereocenters. The van der Waals surface area contributed by atoms with Crippen molar-refractivity contribution in [3.63, 3.8) is 0 Å². The van der Waals surface area contributed by atoms with Gasteiger partial charge < -0.3 is 16.6 Å². The number of hydrogen-bond donors (Lipinski definition) is 3. The topological polar surface area (TPSA) is 89.3 Å². The van der Waals surface area contributed by atoms with Crippen LogP contribution in [-0.4, -0.2) is 30.5 Å². The lowest BCUT2D eigenvalue weighted by molar-refractivity contribution is -0.146. The minimum absolute atomic E-state index is 0.0526. The molecule has 1 aliphatic carbocycles. The fourth-order valence-electron chi connectivity index (χ4n) is 2.64. The molecule has 0 aliphatic heterocycles. The summed E-state index contributed by atoms with van der Waals surface area (Å²) in [5.74, 6) is -0.806. The molecular weight excluding hydrogens is 203 g/mol. The van der Waals surface area contributed by atoms with Gasteiger partial charge in [0.1, 0.15) is 13.4 Å². The molecule has 0 amide bonds. The number of aliphatic carboxylic acids is 1. The number of carbonyl (C=O) groups is 1. The Bertz CT molecular complexity index is 250. The summed E-state index contributed by atoms with van der Waals surface area (Å²) in [6.45, 7) is 0. The Morgan fingerprint density at radius 2 is 2.12 bits per heavy atom. The zero-order chi connectivity index (χ0) is 12.2. The summed E-state index contributed by atoms with van der Waals surface area (Å²) >= 11 is 0. The average molecular weight is 226 g/mol. The minimum Gasteiger partial charge on any atom is -0.480 e. The number of carboxylic acid groups (broad SMARTS) is 1. The molecular formula is C11H23BN2O2. The van der Waals surface area contributed by atoms with Gasteiger partial charge in [-0.1, -0.05) is 19.2 Å². The van der Waals surface area contributed by atoms with Crippen molar-refractivity contribution in [2.75, 3.05) is 0 Å². The van der Waals surface area contributed by atoms with Gasteiger partial charge in [0.15, 0.2) is 0 Å². The van der Waals surface area contributed by atoms with Crippen LogP contribution in [0.3, 0.4) is 0 Å². The smallest absolute Gasteiger partial charge is 0.323 e. The molecule has 1 rings (SSSR count). The Kier molecular flexibility index (Phi) is 4.80. The van der Waals surface area contributed by atoms with Crippen LogP contribution >= 0.6 is 0 Å². The summed E-state index contributed by atoms with van der Waals surface area (Å²) in [6, 6.07) is 0.137. The predicted octanol–water partition coefficient (Wildman–Crippen LogP) is 0.118. The van der Waals surface area contributed by atoms with Crippen LogP contribution in [0.15, 0.2) is 0 Å². The van der Waals surface area contributed by atoms with Crippen molar-refractivity contribution in [3.8, 4) is 0 Å². The van der Waals surface area contributed by atoms with Gasteiger partial charge in [0, 0.05) is 6.04 Å². The van der Waals surface area contributed by atoms with Crippen LogP contribution in [0.25, 0.3) is 0 Å². The van der Waals surface area contributed by atoms with Gasteiger partial charge >= 0.3 is 5.97 Å².